The Labute approximate surface area is 178 Å². The second-order valence-electron chi connectivity index (χ2n) is 7.37. The fraction of sp³-hybridized carbons (Fsp3) is 0.400. The van der Waals surface area contributed by atoms with E-state index in [2.05, 4.69) is 31.8 Å². The number of aromatic nitrogens is 1. The number of nitriles is 1. The molecular formula is C20H23ClN4O3S. The average Bonchev–Trinajstić information content (AvgIpc) is 3.04. The molecule has 0 aliphatic carbocycles. The minimum Gasteiger partial charge on any atom is -0.483 e. The van der Waals surface area contributed by atoms with Crippen LogP contribution in [0, 0.1) is 11.3 Å². The van der Waals surface area contributed by atoms with E-state index in [4.69, 9.17) is 27.3 Å². The number of nitrogens with two attached hydrogens (primary N) is 1. The number of ether oxygens (including phenoxy) is 1. The number of hydrogen-bond acceptors (Lipinski definition) is 5. The van der Waals surface area contributed by atoms with Crippen LogP contribution in [0.2, 0.25) is 5.02 Å². The highest BCUT2D eigenvalue weighted by Gasteiger charge is 2.18. The molecule has 1 heterocycles. The predicted octanol–water partition coefficient (Wildman–Crippen LogP) is 3.41. The van der Waals surface area contributed by atoms with Crippen molar-refractivity contribution >= 4 is 34.9 Å². The number of halogens is 1. The maximum atomic E-state index is 12.9. The van der Waals surface area contributed by atoms with Crippen LogP contribution in [0.1, 0.15) is 49.5 Å². The monoisotopic (exact) mass is 434 g/mol. The van der Waals surface area contributed by atoms with Gasteiger partial charge in [0.1, 0.15) is 10.4 Å². The number of amides is 2. The normalized spacial score (nSPS) is 11.9. The molecule has 0 fully saturated rings. The SMILES string of the molecule is CC(C)(C)n1cc(CCCC#N)c(=NC(=O)c2cc(Cl)ccc2OCC(N)=O)s1. The molecule has 9 heteroatoms. The van der Waals surface area contributed by atoms with E-state index in [1.54, 1.807) is 6.07 Å². The van der Waals surface area contributed by atoms with Gasteiger partial charge in [-0.15, -0.1) is 0 Å². The highest BCUT2D eigenvalue weighted by Crippen LogP contribution is 2.24. The molecule has 1 aromatic carbocycles. The lowest BCUT2D eigenvalue weighted by atomic mass is 10.1. The lowest BCUT2D eigenvalue weighted by Gasteiger charge is -2.19. The minimum absolute atomic E-state index is 0.150. The third-order valence-corrected chi connectivity index (χ3v) is 5.48. The van der Waals surface area contributed by atoms with Crippen molar-refractivity contribution in [1.82, 2.24) is 3.96 Å². The van der Waals surface area contributed by atoms with Gasteiger partial charge in [0.15, 0.2) is 6.61 Å². The summed E-state index contributed by atoms with van der Waals surface area (Å²) in [5.74, 6) is -0.996. The molecule has 2 N–H and O–H groups in total. The first-order chi connectivity index (χ1) is 13.6. The molecule has 0 saturated carbocycles. The number of unbranched alkanes of at least 4 members (excludes halogenated alkanes) is 1. The van der Waals surface area contributed by atoms with Crippen LogP contribution < -0.4 is 15.1 Å². The lowest BCUT2D eigenvalue weighted by molar-refractivity contribution is -0.119. The third kappa shape index (κ3) is 6.44. The predicted molar refractivity (Wildman–Crippen MR) is 112 cm³/mol. The number of benzene rings is 1. The van der Waals surface area contributed by atoms with Crippen LogP contribution in [0.5, 0.6) is 5.75 Å². The number of rotatable bonds is 7. The van der Waals surface area contributed by atoms with Crippen LogP contribution in [0.4, 0.5) is 0 Å². The van der Waals surface area contributed by atoms with Crippen LogP contribution in [0.25, 0.3) is 0 Å². The molecule has 0 saturated heterocycles. The lowest BCUT2D eigenvalue weighted by Crippen LogP contribution is -2.21. The molecular weight excluding hydrogens is 412 g/mol. The van der Waals surface area contributed by atoms with Gasteiger partial charge in [0, 0.05) is 28.7 Å². The van der Waals surface area contributed by atoms with Crippen LogP contribution in [-0.4, -0.2) is 22.4 Å². The zero-order chi connectivity index (χ0) is 21.6. The first-order valence-corrected chi connectivity index (χ1v) is 10.2. The van der Waals surface area contributed by atoms with Gasteiger partial charge in [-0.3, -0.25) is 13.5 Å². The molecule has 0 bridgehead atoms. The Morgan fingerprint density at radius 1 is 1.38 bits per heavy atom. The summed E-state index contributed by atoms with van der Waals surface area (Å²) in [5.41, 5.74) is 6.00. The average molecular weight is 435 g/mol. The van der Waals surface area contributed by atoms with Crippen LogP contribution in [0.15, 0.2) is 29.4 Å². The molecule has 2 rings (SSSR count). The summed E-state index contributed by atoms with van der Waals surface area (Å²) in [6.45, 7) is 5.81. The summed E-state index contributed by atoms with van der Waals surface area (Å²) in [7, 11) is 0. The Kier molecular flexibility index (Phi) is 7.59. The molecule has 154 valence electrons. The quantitative estimate of drug-likeness (QED) is 0.673. The smallest absolute Gasteiger partial charge is 0.282 e. The highest BCUT2D eigenvalue weighted by molar-refractivity contribution is 7.04. The van der Waals surface area contributed by atoms with Crippen LogP contribution in [-0.2, 0) is 16.8 Å². The van der Waals surface area contributed by atoms with Crippen LogP contribution in [0.3, 0.4) is 0 Å². The summed E-state index contributed by atoms with van der Waals surface area (Å²) in [5, 5.41) is 9.15. The third-order valence-electron chi connectivity index (χ3n) is 3.87. The summed E-state index contributed by atoms with van der Waals surface area (Å²) in [6.07, 6.45) is 3.72. The second-order valence-corrected chi connectivity index (χ2v) is 8.77. The van der Waals surface area contributed by atoms with Gasteiger partial charge in [-0.05, 0) is 63.3 Å². The Bertz CT molecular complexity index is 1010. The van der Waals surface area contributed by atoms with Crippen molar-refractivity contribution in [3.63, 3.8) is 0 Å². The maximum absolute atomic E-state index is 12.9. The van der Waals surface area contributed by atoms with Crippen molar-refractivity contribution in [3.05, 3.63) is 45.2 Å². The van der Waals surface area contributed by atoms with Crippen molar-refractivity contribution in [2.24, 2.45) is 10.7 Å². The molecule has 0 atom stereocenters. The molecule has 0 aliphatic rings. The molecule has 0 radical (unpaired) electrons. The molecule has 2 aromatic rings. The Morgan fingerprint density at radius 3 is 2.72 bits per heavy atom. The van der Waals surface area contributed by atoms with E-state index in [-0.39, 0.29) is 23.5 Å². The fourth-order valence-electron chi connectivity index (χ4n) is 2.42. The molecule has 0 unspecified atom stereocenters. The standard InChI is InChI=1S/C20H23ClN4O3S/c1-20(2,3)25-11-13(6-4-5-9-22)19(29-25)24-18(27)15-10-14(21)7-8-16(15)28-12-17(23)26/h7-8,10-11H,4-6,12H2,1-3H3,(H2,23,26). The number of carbonyl (C=O) groups excluding carboxylic acids is 2. The zero-order valence-electron chi connectivity index (χ0n) is 16.6. The number of primary amides is 1. The van der Waals surface area contributed by atoms with Crippen molar-refractivity contribution < 1.29 is 14.3 Å². The minimum atomic E-state index is -0.653. The summed E-state index contributed by atoms with van der Waals surface area (Å²) in [4.78, 5) is 28.2. The Morgan fingerprint density at radius 2 is 2.10 bits per heavy atom. The molecule has 0 spiro atoms. The van der Waals surface area contributed by atoms with Gasteiger partial charge in [0.25, 0.3) is 11.8 Å². The van der Waals surface area contributed by atoms with Gasteiger partial charge >= 0.3 is 0 Å². The van der Waals surface area contributed by atoms with E-state index in [1.807, 2.05) is 10.2 Å². The van der Waals surface area contributed by atoms with Crippen molar-refractivity contribution in [2.45, 2.75) is 45.6 Å². The van der Waals surface area contributed by atoms with Gasteiger partial charge in [-0.25, -0.2) is 0 Å². The first-order valence-electron chi connectivity index (χ1n) is 9.01. The molecule has 7 nitrogen and oxygen atoms in total. The maximum Gasteiger partial charge on any atom is 0.282 e. The van der Waals surface area contributed by atoms with Crippen molar-refractivity contribution in [2.75, 3.05) is 6.61 Å². The van der Waals surface area contributed by atoms with Gasteiger partial charge in [-0.1, -0.05) is 11.6 Å². The van der Waals surface area contributed by atoms with E-state index in [0.717, 1.165) is 5.56 Å². The topological polar surface area (TPSA) is 110 Å². The number of hydrogen-bond donors (Lipinski definition) is 1. The van der Waals surface area contributed by atoms with Gasteiger partial charge in [0.2, 0.25) is 0 Å². The second kappa shape index (κ2) is 9.72. The Balaban J connectivity index is 2.46. The highest BCUT2D eigenvalue weighted by atomic mass is 35.5. The number of carbonyl (C=O) groups is 2. The Hall–Kier alpha value is -2.63. The first kappa shape index (κ1) is 22.7. The number of nitrogens with zero attached hydrogens (tertiary/aromatic N) is 3. The molecule has 1 aromatic heterocycles. The summed E-state index contributed by atoms with van der Waals surface area (Å²) < 4.78 is 7.93. The van der Waals surface area contributed by atoms with Crippen molar-refractivity contribution in [3.8, 4) is 11.8 Å². The van der Waals surface area contributed by atoms with Gasteiger partial charge < -0.3 is 10.5 Å². The fourth-order valence-corrected chi connectivity index (χ4v) is 3.63. The van der Waals surface area contributed by atoms with E-state index in [1.165, 1.54) is 23.7 Å². The molecule has 2 amide bonds. The zero-order valence-corrected chi connectivity index (χ0v) is 18.1. The van der Waals surface area contributed by atoms with Crippen molar-refractivity contribution in [1.29, 1.82) is 5.26 Å². The van der Waals surface area contributed by atoms with Gasteiger partial charge in [0.05, 0.1) is 11.6 Å². The molecule has 29 heavy (non-hydrogen) atoms. The summed E-state index contributed by atoms with van der Waals surface area (Å²) >= 11 is 7.41. The number of aryl methyl sites for hydroxylation is 1. The molecule has 0 aliphatic heterocycles. The largest absolute Gasteiger partial charge is 0.483 e. The van der Waals surface area contributed by atoms with Crippen LogP contribution >= 0.6 is 23.1 Å². The van der Waals surface area contributed by atoms with E-state index in [0.29, 0.717) is 29.0 Å². The van der Waals surface area contributed by atoms with E-state index < -0.39 is 11.8 Å². The van der Waals surface area contributed by atoms with Gasteiger partial charge in [-0.2, -0.15) is 10.3 Å². The summed E-state index contributed by atoms with van der Waals surface area (Å²) in [6, 6.07) is 6.64. The van der Waals surface area contributed by atoms with E-state index >= 15 is 0 Å². The van der Waals surface area contributed by atoms with E-state index in [9.17, 15) is 9.59 Å².